The van der Waals surface area contributed by atoms with Gasteiger partial charge in [0.05, 0.1) is 17.6 Å². The van der Waals surface area contributed by atoms with Crippen LogP contribution in [0.3, 0.4) is 0 Å². The maximum Gasteiger partial charge on any atom is 0.337 e. The second kappa shape index (κ2) is 6.72. The highest BCUT2D eigenvalue weighted by atomic mass is 32.2. The van der Waals surface area contributed by atoms with Crippen LogP contribution in [-0.2, 0) is 21.3 Å². The van der Waals surface area contributed by atoms with Crippen molar-refractivity contribution >= 4 is 16.0 Å². The first-order valence-corrected chi connectivity index (χ1v) is 8.08. The molecule has 0 bridgehead atoms. The van der Waals surface area contributed by atoms with Crippen molar-refractivity contribution in [3.8, 4) is 0 Å². The molecule has 0 spiro atoms. The molecule has 0 atom stereocenters. The SMILES string of the molecule is COC(=O)c1ccc(CN(C)S(=O)(=O)c2ccccc2)cc1. The highest BCUT2D eigenvalue weighted by Crippen LogP contribution is 2.16. The first kappa shape index (κ1) is 16.2. The minimum absolute atomic E-state index is 0.221. The van der Waals surface area contributed by atoms with Crippen LogP contribution in [-0.4, -0.2) is 32.8 Å². The standard InChI is InChI=1S/C16H17NO4S/c1-17(22(19,20)15-6-4-3-5-7-15)12-13-8-10-14(11-9-13)16(18)21-2/h3-11H,12H2,1-2H3. The number of esters is 1. The fourth-order valence-electron chi connectivity index (χ4n) is 1.98. The summed E-state index contributed by atoms with van der Waals surface area (Å²) in [6.07, 6.45) is 0. The fourth-order valence-corrected chi connectivity index (χ4v) is 3.16. The molecule has 2 aromatic rings. The summed E-state index contributed by atoms with van der Waals surface area (Å²) in [6.45, 7) is 0.221. The molecule has 0 amide bonds. The van der Waals surface area contributed by atoms with Crippen LogP contribution in [0.25, 0.3) is 0 Å². The summed E-state index contributed by atoms with van der Waals surface area (Å²) in [5, 5.41) is 0. The summed E-state index contributed by atoms with van der Waals surface area (Å²) >= 11 is 0. The fraction of sp³-hybridized carbons (Fsp3) is 0.188. The molecule has 22 heavy (non-hydrogen) atoms. The van der Waals surface area contributed by atoms with Crippen LogP contribution in [0, 0.1) is 0 Å². The molecule has 0 aliphatic carbocycles. The van der Waals surface area contributed by atoms with E-state index in [1.807, 2.05) is 0 Å². The van der Waals surface area contributed by atoms with Crippen molar-refractivity contribution in [1.29, 1.82) is 0 Å². The van der Waals surface area contributed by atoms with E-state index in [0.717, 1.165) is 5.56 Å². The third-order valence-electron chi connectivity index (χ3n) is 3.23. The van der Waals surface area contributed by atoms with Gasteiger partial charge in [0.25, 0.3) is 0 Å². The van der Waals surface area contributed by atoms with Gasteiger partial charge in [0.2, 0.25) is 10.0 Å². The lowest BCUT2D eigenvalue weighted by molar-refractivity contribution is 0.0600. The van der Waals surface area contributed by atoms with Crippen LogP contribution >= 0.6 is 0 Å². The molecule has 6 heteroatoms. The number of nitrogens with zero attached hydrogens (tertiary/aromatic N) is 1. The first-order valence-electron chi connectivity index (χ1n) is 6.64. The summed E-state index contributed by atoms with van der Waals surface area (Å²) < 4.78 is 30.7. The molecular weight excluding hydrogens is 302 g/mol. The van der Waals surface area contributed by atoms with E-state index >= 15 is 0 Å². The summed E-state index contributed by atoms with van der Waals surface area (Å²) in [5.41, 5.74) is 1.22. The van der Waals surface area contributed by atoms with Gasteiger partial charge < -0.3 is 4.74 Å². The van der Waals surface area contributed by atoms with E-state index in [0.29, 0.717) is 5.56 Å². The predicted octanol–water partition coefficient (Wildman–Crippen LogP) is 2.29. The molecule has 0 fully saturated rings. The molecule has 5 nitrogen and oxygen atoms in total. The van der Waals surface area contributed by atoms with Crippen molar-refractivity contribution in [3.05, 3.63) is 65.7 Å². The maximum atomic E-state index is 12.4. The van der Waals surface area contributed by atoms with E-state index in [1.54, 1.807) is 54.6 Å². The molecule has 0 unspecified atom stereocenters. The number of methoxy groups -OCH3 is 1. The van der Waals surface area contributed by atoms with Crippen molar-refractivity contribution in [2.24, 2.45) is 0 Å². The Kier molecular flexibility index (Phi) is 4.95. The molecule has 0 heterocycles. The molecule has 0 N–H and O–H groups in total. The molecule has 0 aromatic heterocycles. The molecule has 116 valence electrons. The Labute approximate surface area is 130 Å². The topological polar surface area (TPSA) is 63.7 Å². The number of ether oxygens (including phenoxy) is 1. The highest BCUT2D eigenvalue weighted by molar-refractivity contribution is 7.89. The number of rotatable bonds is 5. The molecular formula is C16H17NO4S. The molecule has 0 saturated heterocycles. The highest BCUT2D eigenvalue weighted by Gasteiger charge is 2.20. The van der Waals surface area contributed by atoms with Crippen LogP contribution in [0.2, 0.25) is 0 Å². The van der Waals surface area contributed by atoms with E-state index in [2.05, 4.69) is 4.74 Å². The van der Waals surface area contributed by atoms with Crippen LogP contribution in [0.4, 0.5) is 0 Å². The maximum absolute atomic E-state index is 12.4. The lowest BCUT2D eigenvalue weighted by Crippen LogP contribution is -2.26. The van der Waals surface area contributed by atoms with Gasteiger partial charge in [0, 0.05) is 13.6 Å². The van der Waals surface area contributed by atoms with Crippen LogP contribution in [0.15, 0.2) is 59.5 Å². The number of sulfonamides is 1. The predicted molar refractivity (Wildman–Crippen MR) is 82.9 cm³/mol. The van der Waals surface area contributed by atoms with E-state index < -0.39 is 16.0 Å². The molecule has 2 rings (SSSR count). The lowest BCUT2D eigenvalue weighted by Gasteiger charge is -2.17. The molecule has 0 saturated carbocycles. The van der Waals surface area contributed by atoms with Crippen molar-refractivity contribution in [1.82, 2.24) is 4.31 Å². The third-order valence-corrected chi connectivity index (χ3v) is 5.05. The van der Waals surface area contributed by atoms with Gasteiger partial charge in [-0.1, -0.05) is 30.3 Å². The average Bonchev–Trinajstić information content (AvgIpc) is 2.55. The van der Waals surface area contributed by atoms with Crippen molar-refractivity contribution < 1.29 is 17.9 Å². The zero-order chi connectivity index (χ0) is 16.2. The van der Waals surface area contributed by atoms with E-state index in [-0.39, 0.29) is 11.4 Å². The second-order valence-corrected chi connectivity index (χ2v) is 6.81. The molecule has 0 aliphatic heterocycles. The minimum atomic E-state index is -3.53. The van der Waals surface area contributed by atoms with Gasteiger partial charge in [-0.3, -0.25) is 0 Å². The van der Waals surface area contributed by atoms with Crippen LogP contribution in [0.5, 0.6) is 0 Å². The third kappa shape index (κ3) is 3.52. The Bertz CT molecular complexity index is 739. The summed E-state index contributed by atoms with van der Waals surface area (Å²) in [5.74, 6) is -0.420. The van der Waals surface area contributed by atoms with Gasteiger partial charge >= 0.3 is 5.97 Å². The second-order valence-electron chi connectivity index (χ2n) is 4.76. The Morgan fingerprint density at radius 3 is 2.18 bits per heavy atom. The zero-order valence-electron chi connectivity index (χ0n) is 12.4. The lowest BCUT2D eigenvalue weighted by atomic mass is 10.1. The van der Waals surface area contributed by atoms with Crippen LogP contribution in [0.1, 0.15) is 15.9 Å². The van der Waals surface area contributed by atoms with Gasteiger partial charge in [-0.25, -0.2) is 13.2 Å². The normalized spacial score (nSPS) is 11.4. The van der Waals surface area contributed by atoms with Gasteiger partial charge in [0.15, 0.2) is 0 Å². The van der Waals surface area contributed by atoms with Crippen molar-refractivity contribution in [2.45, 2.75) is 11.4 Å². The zero-order valence-corrected chi connectivity index (χ0v) is 13.2. The Morgan fingerprint density at radius 2 is 1.64 bits per heavy atom. The molecule has 2 aromatic carbocycles. The molecule has 0 radical (unpaired) electrons. The van der Waals surface area contributed by atoms with E-state index in [9.17, 15) is 13.2 Å². The Morgan fingerprint density at radius 1 is 1.05 bits per heavy atom. The van der Waals surface area contributed by atoms with Crippen molar-refractivity contribution in [3.63, 3.8) is 0 Å². The van der Waals surface area contributed by atoms with Gasteiger partial charge in [0.1, 0.15) is 0 Å². The average molecular weight is 319 g/mol. The Balaban J connectivity index is 2.15. The van der Waals surface area contributed by atoms with Gasteiger partial charge in [-0.15, -0.1) is 0 Å². The number of carbonyl (C=O) groups is 1. The van der Waals surface area contributed by atoms with Crippen LogP contribution < -0.4 is 0 Å². The Hall–Kier alpha value is -2.18. The minimum Gasteiger partial charge on any atom is -0.465 e. The molecule has 0 aliphatic rings. The van der Waals surface area contributed by atoms with Gasteiger partial charge in [-0.2, -0.15) is 4.31 Å². The number of hydrogen-bond donors (Lipinski definition) is 0. The quantitative estimate of drug-likeness (QED) is 0.793. The monoisotopic (exact) mass is 319 g/mol. The largest absolute Gasteiger partial charge is 0.465 e. The number of hydrogen-bond acceptors (Lipinski definition) is 4. The van der Waals surface area contributed by atoms with Crippen molar-refractivity contribution in [2.75, 3.05) is 14.2 Å². The number of carbonyl (C=O) groups excluding carboxylic acids is 1. The summed E-state index contributed by atoms with van der Waals surface area (Å²) in [6, 6.07) is 14.9. The number of benzene rings is 2. The van der Waals surface area contributed by atoms with E-state index in [4.69, 9.17) is 0 Å². The summed E-state index contributed by atoms with van der Waals surface area (Å²) in [7, 11) is -0.686. The summed E-state index contributed by atoms with van der Waals surface area (Å²) in [4.78, 5) is 11.6. The van der Waals surface area contributed by atoms with Gasteiger partial charge in [-0.05, 0) is 29.8 Å². The smallest absolute Gasteiger partial charge is 0.337 e. The first-order chi connectivity index (χ1) is 10.4. The van der Waals surface area contributed by atoms with E-state index in [1.165, 1.54) is 18.5 Å².